The first kappa shape index (κ1) is 13.9. The lowest BCUT2D eigenvalue weighted by molar-refractivity contribution is 0.679. The summed E-state index contributed by atoms with van der Waals surface area (Å²) in [4.78, 5) is 4.57. The number of pyridine rings is 1. The molecule has 1 aromatic carbocycles. The van der Waals surface area contributed by atoms with E-state index in [1.54, 1.807) is 5.57 Å². The van der Waals surface area contributed by atoms with Crippen molar-refractivity contribution in [3.05, 3.63) is 41.6 Å². The lowest BCUT2D eigenvalue weighted by Gasteiger charge is -2.15. The molecule has 2 aromatic rings. The summed E-state index contributed by atoms with van der Waals surface area (Å²) in [5, 5.41) is 4.68. The molecule has 1 heterocycles. The van der Waals surface area contributed by atoms with Crippen molar-refractivity contribution in [2.75, 3.05) is 17.6 Å². The number of fused-ring (bicyclic) bond motifs is 1. The first-order valence-corrected chi connectivity index (χ1v) is 7.81. The van der Waals surface area contributed by atoms with Gasteiger partial charge in [-0.05, 0) is 63.3 Å². The summed E-state index contributed by atoms with van der Waals surface area (Å²) in [5.41, 5.74) is 11.5. The van der Waals surface area contributed by atoms with Crippen molar-refractivity contribution in [1.29, 1.82) is 0 Å². The van der Waals surface area contributed by atoms with Gasteiger partial charge in [0.05, 0.1) is 5.52 Å². The number of allylic oxidation sites excluding steroid dienone is 1. The van der Waals surface area contributed by atoms with Crippen LogP contribution < -0.4 is 11.1 Å². The Balaban J connectivity index is 1.76. The van der Waals surface area contributed by atoms with E-state index in [1.165, 1.54) is 25.7 Å². The normalized spacial score (nSPS) is 15.0. The summed E-state index contributed by atoms with van der Waals surface area (Å²) in [7, 11) is 0. The number of nitrogens with two attached hydrogens (primary N) is 1. The van der Waals surface area contributed by atoms with Crippen molar-refractivity contribution in [1.82, 2.24) is 4.98 Å². The molecule has 0 radical (unpaired) electrons. The summed E-state index contributed by atoms with van der Waals surface area (Å²) in [6, 6.07) is 8.01. The average Bonchev–Trinajstić information content (AvgIpc) is 2.49. The Morgan fingerprint density at radius 2 is 2.14 bits per heavy atom. The molecule has 1 aliphatic rings. The third-order valence-electron chi connectivity index (χ3n) is 4.11. The Kier molecular flexibility index (Phi) is 4.09. The maximum Gasteiger partial charge on any atom is 0.0727 e. The van der Waals surface area contributed by atoms with Crippen molar-refractivity contribution in [3.63, 3.8) is 0 Å². The summed E-state index contributed by atoms with van der Waals surface area (Å²) in [5.74, 6) is 0. The average molecular weight is 281 g/mol. The van der Waals surface area contributed by atoms with Crippen LogP contribution in [0.2, 0.25) is 0 Å². The van der Waals surface area contributed by atoms with E-state index in [1.807, 2.05) is 25.1 Å². The molecule has 0 bridgehead atoms. The van der Waals surface area contributed by atoms with E-state index in [4.69, 9.17) is 5.73 Å². The van der Waals surface area contributed by atoms with Crippen LogP contribution in [0.1, 0.15) is 37.8 Å². The highest BCUT2D eigenvalue weighted by Gasteiger charge is 2.06. The smallest absolute Gasteiger partial charge is 0.0727 e. The zero-order chi connectivity index (χ0) is 14.7. The van der Waals surface area contributed by atoms with Crippen LogP contribution in [0.25, 0.3) is 10.9 Å². The number of hydrogen-bond donors (Lipinski definition) is 2. The van der Waals surface area contributed by atoms with E-state index in [0.717, 1.165) is 40.9 Å². The van der Waals surface area contributed by atoms with Gasteiger partial charge in [-0.25, -0.2) is 0 Å². The van der Waals surface area contributed by atoms with Gasteiger partial charge in [-0.2, -0.15) is 0 Å². The van der Waals surface area contributed by atoms with Crippen LogP contribution in [-0.4, -0.2) is 11.5 Å². The molecule has 3 rings (SSSR count). The highest BCUT2D eigenvalue weighted by atomic mass is 14.9. The van der Waals surface area contributed by atoms with Crippen LogP contribution in [0.15, 0.2) is 35.9 Å². The van der Waals surface area contributed by atoms with E-state index in [2.05, 4.69) is 22.4 Å². The molecule has 0 spiro atoms. The van der Waals surface area contributed by atoms with Crippen LogP contribution in [0.4, 0.5) is 11.4 Å². The fourth-order valence-electron chi connectivity index (χ4n) is 3.01. The standard InChI is InChI=1S/C18H23N3/c1-13-11-18(16-12-15(19)7-8-17(16)21-13)20-10-9-14-5-3-2-4-6-14/h5,7-8,11-12H,2-4,6,9-10,19H2,1H3,(H,20,21). The van der Waals surface area contributed by atoms with Gasteiger partial charge in [-0.15, -0.1) is 0 Å². The topological polar surface area (TPSA) is 50.9 Å². The Morgan fingerprint density at radius 3 is 2.95 bits per heavy atom. The monoisotopic (exact) mass is 281 g/mol. The number of nitrogens with zero attached hydrogens (tertiary/aromatic N) is 1. The van der Waals surface area contributed by atoms with Crippen LogP contribution >= 0.6 is 0 Å². The molecule has 0 fully saturated rings. The predicted octanol–water partition coefficient (Wildman–Crippen LogP) is 4.43. The third kappa shape index (κ3) is 3.35. The molecule has 0 saturated heterocycles. The maximum atomic E-state index is 5.91. The number of aryl methyl sites for hydroxylation is 1. The minimum Gasteiger partial charge on any atom is -0.399 e. The molecule has 1 aromatic heterocycles. The van der Waals surface area contributed by atoms with Crippen molar-refractivity contribution in [2.24, 2.45) is 0 Å². The number of anilines is 2. The van der Waals surface area contributed by atoms with Gasteiger partial charge >= 0.3 is 0 Å². The predicted molar refractivity (Wildman–Crippen MR) is 90.6 cm³/mol. The fourth-order valence-corrected chi connectivity index (χ4v) is 3.01. The van der Waals surface area contributed by atoms with Gasteiger partial charge in [0, 0.05) is 29.0 Å². The van der Waals surface area contributed by atoms with E-state index >= 15 is 0 Å². The molecular weight excluding hydrogens is 258 g/mol. The summed E-state index contributed by atoms with van der Waals surface area (Å²) in [6.45, 7) is 3.00. The van der Waals surface area contributed by atoms with E-state index in [-0.39, 0.29) is 0 Å². The summed E-state index contributed by atoms with van der Waals surface area (Å²) >= 11 is 0. The van der Waals surface area contributed by atoms with Gasteiger partial charge in [0.1, 0.15) is 0 Å². The first-order valence-electron chi connectivity index (χ1n) is 7.81. The Hall–Kier alpha value is -2.03. The number of hydrogen-bond acceptors (Lipinski definition) is 3. The number of benzene rings is 1. The Bertz CT molecular complexity index is 673. The van der Waals surface area contributed by atoms with Crippen LogP contribution in [0.3, 0.4) is 0 Å². The zero-order valence-corrected chi connectivity index (χ0v) is 12.7. The molecule has 3 nitrogen and oxygen atoms in total. The van der Waals surface area contributed by atoms with Crippen molar-refractivity contribution >= 4 is 22.3 Å². The van der Waals surface area contributed by atoms with Crippen LogP contribution in [-0.2, 0) is 0 Å². The molecule has 0 unspecified atom stereocenters. The number of rotatable bonds is 4. The Morgan fingerprint density at radius 1 is 1.24 bits per heavy atom. The van der Waals surface area contributed by atoms with Crippen molar-refractivity contribution in [2.45, 2.75) is 39.0 Å². The summed E-state index contributed by atoms with van der Waals surface area (Å²) in [6.07, 6.45) is 8.77. The van der Waals surface area contributed by atoms with Crippen LogP contribution in [0, 0.1) is 6.92 Å². The molecule has 3 N–H and O–H groups in total. The van der Waals surface area contributed by atoms with Gasteiger partial charge in [-0.3, -0.25) is 4.98 Å². The first-order chi connectivity index (χ1) is 10.2. The second-order valence-electron chi connectivity index (χ2n) is 5.87. The number of nitrogen functional groups attached to an aromatic ring is 1. The largest absolute Gasteiger partial charge is 0.399 e. The van der Waals surface area contributed by atoms with Gasteiger partial charge < -0.3 is 11.1 Å². The molecule has 0 atom stereocenters. The summed E-state index contributed by atoms with van der Waals surface area (Å²) < 4.78 is 0. The third-order valence-corrected chi connectivity index (χ3v) is 4.11. The minimum atomic E-state index is 0.784. The van der Waals surface area contributed by atoms with Gasteiger partial charge in [0.15, 0.2) is 0 Å². The second kappa shape index (κ2) is 6.17. The lowest BCUT2D eigenvalue weighted by Crippen LogP contribution is -2.05. The van der Waals surface area contributed by atoms with E-state index in [9.17, 15) is 0 Å². The molecular formula is C18H23N3. The number of aromatic nitrogens is 1. The van der Waals surface area contributed by atoms with Gasteiger partial charge in [-0.1, -0.05) is 11.6 Å². The molecule has 1 aliphatic carbocycles. The maximum absolute atomic E-state index is 5.91. The fraction of sp³-hybridized carbons (Fsp3) is 0.389. The minimum absolute atomic E-state index is 0.784. The van der Waals surface area contributed by atoms with Crippen molar-refractivity contribution in [3.8, 4) is 0 Å². The Labute approximate surface area is 126 Å². The van der Waals surface area contributed by atoms with E-state index in [0.29, 0.717) is 0 Å². The zero-order valence-electron chi connectivity index (χ0n) is 12.7. The molecule has 21 heavy (non-hydrogen) atoms. The molecule has 0 aliphatic heterocycles. The second-order valence-corrected chi connectivity index (χ2v) is 5.87. The van der Waals surface area contributed by atoms with Gasteiger partial charge in [0.25, 0.3) is 0 Å². The SMILES string of the molecule is Cc1cc(NCCC2=CCCCC2)c2cc(N)ccc2n1. The molecule has 3 heteroatoms. The lowest BCUT2D eigenvalue weighted by atomic mass is 9.97. The number of nitrogens with one attached hydrogen (secondary N) is 1. The highest BCUT2D eigenvalue weighted by molar-refractivity contribution is 5.93. The quantitative estimate of drug-likeness (QED) is 0.644. The van der Waals surface area contributed by atoms with E-state index < -0.39 is 0 Å². The highest BCUT2D eigenvalue weighted by Crippen LogP contribution is 2.26. The van der Waals surface area contributed by atoms with Gasteiger partial charge in [0.2, 0.25) is 0 Å². The molecule has 110 valence electrons. The molecule has 0 amide bonds. The molecule has 0 saturated carbocycles. The van der Waals surface area contributed by atoms with Crippen LogP contribution in [0.5, 0.6) is 0 Å². The van der Waals surface area contributed by atoms with Crippen molar-refractivity contribution < 1.29 is 0 Å².